The lowest BCUT2D eigenvalue weighted by atomic mass is 9.95. The minimum Gasteiger partial charge on any atom is -0.311 e. The third-order valence-corrected chi connectivity index (χ3v) is 12.8. The molecule has 11 aromatic carbocycles. The number of rotatable bonds is 8. The Labute approximate surface area is 373 Å². The molecule has 2 nitrogen and oxygen atoms in total. The molecular formula is C62H42N2. The van der Waals surface area contributed by atoms with Crippen LogP contribution in [0.15, 0.2) is 255 Å². The number of hydrogen-bond donors (Lipinski definition) is 0. The van der Waals surface area contributed by atoms with Crippen molar-refractivity contribution in [2.45, 2.75) is 0 Å². The fraction of sp³-hybridized carbons (Fsp3) is 0. The van der Waals surface area contributed by atoms with Gasteiger partial charge in [-0.1, -0.05) is 188 Å². The minimum atomic E-state index is 1.09. The first-order valence-electron chi connectivity index (χ1n) is 22.0. The van der Waals surface area contributed by atoms with E-state index in [2.05, 4.69) is 264 Å². The molecule has 0 bridgehead atoms. The summed E-state index contributed by atoms with van der Waals surface area (Å²) in [7, 11) is 0. The van der Waals surface area contributed by atoms with E-state index in [1.807, 2.05) is 0 Å². The van der Waals surface area contributed by atoms with E-state index in [0.29, 0.717) is 0 Å². The van der Waals surface area contributed by atoms with E-state index in [4.69, 9.17) is 0 Å². The van der Waals surface area contributed by atoms with Crippen LogP contribution in [0.1, 0.15) is 0 Å². The Balaban J connectivity index is 0.905. The van der Waals surface area contributed by atoms with E-state index in [1.165, 1.54) is 87.9 Å². The van der Waals surface area contributed by atoms with Crippen LogP contribution < -0.4 is 4.90 Å². The van der Waals surface area contributed by atoms with Crippen LogP contribution in [-0.4, -0.2) is 4.57 Å². The molecule has 0 unspecified atom stereocenters. The van der Waals surface area contributed by atoms with E-state index in [-0.39, 0.29) is 0 Å². The number of para-hydroxylation sites is 2. The monoisotopic (exact) mass is 814 g/mol. The molecule has 1 aromatic heterocycles. The molecule has 300 valence electrons. The van der Waals surface area contributed by atoms with Crippen LogP contribution in [0.5, 0.6) is 0 Å². The van der Waals surface area contributed by atoms with Gasteiger partial charge in [0.2, 0.25) is 0 Å². The predicted molar refractivity (Wildman–Crippen MR) is 272 cm³/mol. The molecule has 0 atom stereocenters. The zero-order valence-electron chi connectivity index (χ0n) is 35.1. The third-order valence-electron chi connectivity index (χ3n) is 12.8. The number of aromatic nitrogens is 1. The van der Waals surface area contributed by atoms with E-state index in [0.717, 1.165) is 22.7 Å². The van der Waals surface area contributed by atoms with E-state index >= 15 is 0 Å². The van der Waals surface area contributed by atoms with Crippen molar-refractivity contribution in [1.82, 2.24) is 4.57 Å². The van der Waals surface area contributed by atoms with Crippen LogP contribution in [0.25, 0.3) is 93.5 Å². The van der Waals surface area contributed by atoms with Gasteiger partial charge in [0.05, 0.1) is 11.0 Å². The first kappa shape index (κ1) is 37.3. The molecule has 1 heterocycles. The molecule has 12 aromatic rings. The first-order valence-corrected chi connectivity index (χ1v) is 22.0. The molecular weight excluding hydrogens is 773 g/mol. The lowest BCUT2D eigenvalue weighted by molar-refractivity contribution is 1.17. The maximum absolute atomic E-state index is 2.38. The lowest BCUT2D eigenvalue weighted by Gasteiger charge is -2.26. The van der Waals surface area contributed by atoms with Crippen molar-refractivity contribution in [3.63, 3.8) is 0 Å². The van der Waals surface area contributed by atoms with Gasteiger partial charge in [-0.05, 0) is 133 Å². The van der Waals surface area contributed by atoms with Crippen molar-refractivity contribution in [2.24, 2.45) is 0 Å². The van der Waals surface area contributed by atoms with Gasteiger partial charge < -0.3 is 9.47 Å². The summed E-state index contributed by atoms with van der Waals surface area (Å²) in [6.45, 7) is 0. The number of benzene rings is 11. The highest BCUT2D eigenvalue weighted by Crippen LogP contribution is 2.40. The molecule has 0 saturated heterocycles. The highest BCUT2D eigenvalue weighted by molar-refractivity contribution is 6.09. The molecule has 0 aliphatic rings. The summed E-state index contributed by atoms with van der Waals surface area (Å²) in [6.07, 6.45) is 0. The van der Waals surface area contributed by atoms with Gasteiger partial charge in [-0.3, -0.25) is 0 Å². The van der Waals surface area contributed by atoms with E-state index < -0.39 is 0 Å². The number of anilines is 3. The molecule has 0 aliphatic carbocycles. The molecule has 0 saturated carbocycles. The standard InChI is InChI=1S/C62H42N2/c1-3-18-55-46(12-1)14-10-22-57(55)48-28-26-43(27-29-48)44-30-34-51(35-31-44)63(53-38-40-54(41-39-53)64-61-24-7-5-20-59(61)60-21-6-8-25-62(60)64)52-36-32-45(33-37-52)49-16-9-17-50(42-49)58-23-11-15-47-13-2-4-19-56(47)58/h1-42H. The van der Waals surface area contributed by atoms with Crippen LogP contribution >= 0.6 is 0 Å². The molecule has 0 radical (unpaired) electrons. The fourth-order valence-corrected chi connectivity index (χ4v) is 9.67. The van der Waals surface area contributed by atoms with Crippen LogP contribution in [-0.2, 0) is 0 Å². The van der Waals surface area contributed by atoms with Crippen molar-refractivity contribution in [3.05, 3.63) is 255 Å². The quantitative estimate of drug-likeness (QED) is 0.148. The van der Waals surface area contributed by atoms with Crippen LogP contribution in [0, 0.1) is 0 Å². The second-order valence-corrected chi connectivity index (χ2v) is 16.5. The van der Waals surface area contributed by atoms with Gasteiger partial charge in [0, 0.05) is 33.5 Å². The van der Waals surface area contributed by atoms with Gasteiger partial charge in [-0.15, -0.1) is 0 Å². The molecule has 64 heavy (non-hydrogen) atoms. The lowest BCUT2D eigenvalue weighted by Crippen LogP contribution is -2.10. The predicted octanol–water partition coefficient (Wildman–Crippen LogP) is 17.2. The van der Waals surface area contributed by atoms with Crippen LogP contribution in [0.2, 0.25) is 0 Å². The van der Waals surface area contributed by atoms with Gasteiger partial charge in [0.25, 0.3) is 0 Å². The molecule has 0 aliphatic heterocycles. The van der Waals surface area contributed by atoms with Crippen molar-refractivity contribution >= 4 is 60.4 Å². The van der Waals surface area contributed by atoms with Crippen LogP contribution in [0.3, 0.4) is 0 Å². The van der Waals surface area contributed by atoms with Gasteiger partial charge in [-0.2, -0.15) is 0 Å². The van der Waals surface area contributed by atoms with Crippen LogP contribution in [0.4, 0.5) is 17.1 Å². The summed E-state index contributed by atoms with van der Waals surface area (Å²) < 4.78 is 2.38. The third kappa shape index (κ3) is 6.61. The summed E-state index contributed by atoms with van der Waals surface area (Å²) in [5.41, 5.74) is 16.5. The molecule has 0 fully saturated rings. The SMILES string of the molecule is c1cc(-c2ccc(N(c3ccc(-c4ccc(-c5cccc6ccccc56)cc4)cc3)c3ccc(-n4c5ccccc5c5ccccc54)cc3)cc2)cc(-c2cccc3ccccc23)c1. The Kier molecular flexibility index (Phi) is 9.20. The smallest absolute Gasteiger partial charge is 0.0541 e. The fourth-order valence-electron chi connectivity index (χ4n) is 9.67. The van der Waals surface area contributed by atoms with E-state index in [9.17, 15) is 0 Å². The second-order valence-electron chi connectivity index (χ2n) is 16.5. The molecule has 12 rings (SSSR count). The summed E-state index contributed by atoms with van der Waals surface area (Å²) in [4.78, 5) is 2.36. The van der Waals surface area contributed by atoms with Gasteiger partial charge in [0.1, 0.15) is 0 Å². The first-order chi connectivity index (χ1) is 31.7. The average Bonchev–Trinajstić information content (AvgIpc) is 3.71. The van der Waals surface area contributed by atoms with E-state index in [1.54, 1.807) is 0 Å². The maximum atomic E-state index is 2.38. The zero-order chi connectivity index (χ0) is 42.4. The largest absolute Gasteiger partial charge is 0.311 e. The number of hydrogen-bond acceptors (Lipinski definition) is 1. The Morgan fingerprint density at radius 1 is 0.250 bits per heavy atom. The molecule has 0 spiro atoms. The Hall–Kier alpha value is -8.46. The minimum absolute atomic E-state index is 1.09. The highest BCUT2D eigenvalue weighted by atomic mass is 15.1. The Morgan fingerprint density at radius 3 is 1.17 bits per heavy atom. The molecule has 0 N–H and O–H groups in total. The summed E-state index contributed by atoms with van der Waals surface area (Å²) in [6, 6.07) is 92.6. The summed E-state index contributed by atoms with van der Waals surface area (Å²) in [5, 5.41) is 7.56. The Bertz CT molecular complexity index is 3570. The Morgan fingerprint density at radius 2 is 0.625 bits per heavy atom. The van der Waals surface area contributed by atoms with Gasteiger partial charge >= 0.3 is 0 Å². The van der Waals surface area contributed by atoms with Gasteiger partial charge in [-0.25, -0.2) is 0 Å². The zero-order valence-corrected chi connectivity index (χ0v) is 35.1. The maximum Gasteiger partial charge on any atom is 0.0541 e. The topological polar surface area (TPSA) is 8.17 Å². The molecule has 2 heteroatoms. The molecule has 0 amide bonds. The average molecular weight is 815 g/mol. The van der Waals surface area contributed by atoms with Crippen molar-refractivity contribution in [3.8, 4) is 50.2 Å². The summed E-state index contributed by atoms with van der Waals surface area (Å²) in [5.74, 6) is 0. The van der Waals surface area contributed by atoms with Gasteiger partial charge in [0.15, 0.2) is 0 Å². The number of nitrogens with zero attached hydrogens (tertiary/aromatic N) is 2. The normalized spacial score (nSPS) is 11.4. The van der Waals surface area contributed by atoms with Crippen molar-refractivity contribution in [1.29, 1.82) is 0 Å². The van der Waals surface area contributed by atoms with Crippen molar-refractivity contribution in [2.75, 3.05) is 4.90 Å². The number of fused-ring (bicyclic) bond motifs is 5. The second kappa shape index (κ2) is 15.8. The summed E-state index contributed by atoms with van der Waals surface area (Å²) >= 11 is 0. The van der Waals surface area contributed by atoms with Crippen molar-refractivity contribution < 1.29 is 0 Å². The highest BCUT2D eigenvalue weighted by Gasteiger charge is 2.16.